The molecule has 0 aromatic carbocycles. The van der Waals surface area contributed by atoms with Crippen molar-refractivity contribution in [3.8, 4) is 11.9 Å². The van der Waals surface area contributed by atoms with Crippen molar-refractivity contribution in [2.45, 2.75) is 62.8 Å². The number of aryl methyl sites for hydroxylation is 1. The van der Waals surface area contributed by atoms with Crippen molar-refractivity contribution < 1.29 is 26.6 Å². The number of likely N-dealkylation sites (N-methyl/N-ethyl adjacent to an activating group) is 1. The van der Waals surface area contributed by atoms with Gasteiger partial charge >= 0.3 is 0 Å². The van der Waals surface area contributed by atoms with E-state index in [1.807, 2.05) is 0 Å². The predicted octanol–water partition coefficient (Wildman–Crippen LogP) is 4.03. The number of rotatable bonds is 4. The van der Waals surface area contributed by atoms with E-state index in [1.165, 1.54) is 11.3 Å². The van der Waals surface area contributed by atoms with Crippen LogP contribution in [0.5, 0.6) is 5.88 Å². The number of hydrogen-bond donors (Lipinski definition) is 1. The number of halogens is 1. The van der Waals surface area contributed by atoms with Gasteiger partial charge in [-0.3, -0.25) is 21.4 Å². The molecule has 2 aliphatic carbocycles. The van der Waals surface area contributed by atoms with Crippen molar-refractivity contribution in [3.05, 3.63) is 44.0 Å². The molecule has 10 heteroatoms. The van der Waals surface area contributed by atoms with Crippen LogP contribution >= 0.6 is 22.9 Å². The Morgan fingerprint density at radius 1 is 1.37 bits per heavy atom. The quantitative estimate of drug-likeness (QED) is 0.265. The van der Waals surface area contributed by atoms with Crippen LogP contribution in [0.3, 0.4) is 0 Å². The Kier molecular flexibility index (Phi) is 7.89. The normalized spacial score (nSPS) is 25.6. The van der Waals surface area contributed by atoms with Crippen LogP contribution in [0, 0.1) is 16.7 Å². The topological polar surface area (TPSA) is 105 Å². The van der Waals surface area contributed by atoms with E-state index in [0.29, 0.717) is 48.9 Å². The number of ketones is 1. The van der Waals surface area contributed by atoms with E-state index in [4.69, 9.17) is 22.1 Å². The summed E-state index contributed by atoms with van der Waals surface area (Å²) in [6.07, 6.45) is 6.82. The summed E-state index contributed by atoms with van der Waals surface area (Å²) in [4.78, 5) is 26.2. The summed E-state index contributed by atoms with van der Waals surface area (Å²) < 4.78 is 5.94. The van der Waals surface area contributed by atoms with Crippen LogP contribution in [-0.4, -0.2) is 46.9 Å². The Hall–Kier alpha value is -1.95. The van der Waals surface area contributed by atoms with Crippen molar-refractivity contribution in [1.29, 1.82) is 5.26 Å². The minimum absolute atomic E-state index is 0. The largest absolute Gasteiger partial charge is 0.476 e. The molecule has 35 heavy (non-hydrogen) atoms. The number of nitrogens with zero attached hydrogens (tertiary/aromatic N) is 4. The molecule has 7 nitrogen and oxygen atoms in total. The number of nitriles is 1. The summed E-state index contributed by atoms with van der Waals surface area (Å²) in [5.74, 6) is 0.561. The number of carbonyl (C=O) groups is 1. The molecule has 3 heterocycles. The van der Waals surface area contributed by atoms with Crippen LogP contribution in [-0.2, 0) is 33.7 Å². The van der Waals surface area contributed by atoms with Gasteiger partial charge in [0.15, 0.2) is 11.6 Å². The van der Waals surface area contributed by atoms with Crippen LogP contribution < -0.4 is 10.5 Å². The Bertz CT molecular complexity index is 1210. The van der Waals surface area contributed by atoms with E-state index in [2.05, 4.69) is 33.4 Å². The zero-order valence-electron chi connectivity index (χ0n) is 19.6. The van der Waals surface area contributed by atoms with Gasteiger partial charge in [0, 0.05) is 40.2 Å². The van der Waals surface area contributed by atoms with E-state index >= 15 is 0 Å². The van der Waals surface area contributed by atoms with Gasteiger partial charge < -0.3 is 15.4 Å². The van der Waals surface area contributed by atoms with Crippen LogP contribution in [0.25, 0.3) is 5.70 Å². The SMILES string of the molecule is CN1CCC[C@H]1COc1cc(Cl)nc(/C(N)=C2\CCC[C@@]3(CCCc4s[c-]c(C#N)c43)C2=O)n1.[Mn]. The number of Topliss-reactive ketones (excluding diaryl/α,β-unsaturated/α-hetero) is 1. The average Bonchev–Trinajstić information content (AvgIpc) is 3.45. The van der Waals surface area contributed by atoms with Crippen molar-refractivity contribution in [2.24, 2.45) is 5.73 Å². The third-order valence-electron chi connectivity index (χ3n) is 7.47. The van der Waals surface area contributed by atoms with E-state index in [1.54, 1.807) is 6.07 Å². The summed E-state index contributed by atoms with van der Waals surface area (Å²) in [5.41, 5.74) is 7.97. The second-order valence-electron chi connectivity index (χ2n) is 9.44. The molecular weight excluding hydrogens is 525 g/mol. The number of fused-ring (bicyclic) bond motifs is 2. The van der Waals surface area contributed by atoms with E-state index in [0.717, 1.165) is 49.1 Å². The Labute approximate surface area is 225 Å². The molecule has 1 radical (unpaired) electrons. The van der Waals surface area contributed by atoms with Crippen molar-refractivity contribution >= 4 is 34.4 Å². The maximum Gasteiger partial charge on any atom is 0.218 e. The number of ether oxygens (including phenoxy) is 1. The summed E-state index contributed by atoms with van der Waals surface area (Å²) >= 11 is 7.75. The Morgan fingerprint density at radius 3 is 2.86 bits per heavy atom. The van der Waals surface area contributed by atoms with Gasteiger partial charge in [0.1, 0.15) is 11.8 Å². The standard InChI is InChI=1S/C25H27ClN5O2S.Mn/c1-31-10-4-5-16(31)13-33-20-11-19(26)29-24(30-20)22(28)17-6-2-8-25(23(17)32)9-3-7-18-21(25)15(12-27)14-34-18;/h11,16H,2-10,13,28H2,1H3;/q-1;/b22-17-;/t16-,25-;/m0./s1. The van der Waals surface area contributed by atoms with Gasteiger partial charge in [-0.1, -0.05) is 35.4 Å². The number of allylic oxidation sites excluding steroid dienone is 1. The molecule has 1 saturated carbocycles. The monoisotopic (exact) mass is 551 g/mol. The fourth-order valence-electron chi connectivity index (χ4n) is 5.71. The van der Waals surface area contributed by atoms with Gasteiger partial charge in [-0.2, -0.15) is 4.98 Å². The molecule has 0 unspecified atom stereocenters. The van der Waals surface area contributed by atoms with Gasteiger partial charge in [0.25, 0.3) is 0 Å². The first kappa shape index (κ1) is 26.1. The van der Waals surface area contributed by atoms with Crippen LogP contribution in [0.1, 0.15) is 66.8 Å². The third kappa shape index (κ3) is 4.75. The third-order valence-corrected chi connectivity index (χ3v) is 8.63. The fraction of sp³-hybridized carbons (Fsp3) is 0.520. The van der Waals surface area contributed by atoms with Gasteiger partial charge in [0.2, 0.25) is 5.88 Å². The molecule has 0 amide bonds. The zero-order chi connectivity index (χ0) is 23.9. The van der Waals surface area contributed by atoms with Crippen molar-refractivity contribution in [2.75, 3.05) is 20.2 Å². The minimum Gasteiger partial charge on any atom is -0.476 e. The van der Waals surface area contributed by atoms with E-state index in [9.17, 15) is 10.1 Å². The molecule has 2 fully saturated rings. The Morgan fingerprint density at radius 2 is 2.14 bits per heavy atom. The molecule has 0 bridgehead atoms. The maximum atomic E-state index is 14.0. The summed E-state index contributed by atoms with van der Waals surface area (Å²) in [6.45, 7) is 1.57. The first-order valence-electron chi connectivity index (χ1n) is 11.8. The second-order valence-corrected chi connectivity index (χ2v) is 10.7. The number of nitrogens with two attached hydrogens (primary N) is 1. The predicted molar refractivity (Wildman–Crippen MR) is 131 cm³/mol. The van der Waals surface area contributed by atoms with Crippen LogP contribution in [0.4, 0.5) is 0 Å². The van der Waals surface area contributed by atoms with Crippen molar-refractivity contribution in [1.82, 2.24) is 14.9 Å². The summed E-state index contributed by atoms with van der Waals surface area (Å²) in [7, 11) is 2.09. The molecule has 1 aliphatic heterocycles. The molecule has 2 aromatic rings. The fourth-order valence-corrected chi connectivity index (χ4v) is 6.90. The first-order valence-corrected chi connectivity index (χ1v) is 13.0. The van der Waals surface area contributed by atoms with Gasteiger partial charge in [-0.25, -0.2) is 4.98 Å². The first-order chi connectivity index (χ1) is 16.4. The van der Waals surface area contributed by atoms with Crippen molar-refractivity contribution in [3.63, 3.8) is 0 Å². The molecule has 1 spiro atoms. The van der Waals surface area contributed by atoms with Crippen LogP contribution in [0.15, 0.2) is 11.6 Å². The Balaban J connectivity index is 0.00000289. The van der Waals surface area contributed by atoms with E-state index < -0.39 is 5.41 Å². The molecule has 1 saturated heterocycles. The molecular formula is C25H27ClMnN5O2S-. The second kappa shape index (κ2) is 10.6. The molecule has 5 rings (SSSR count). The molecule has 185 valence electrons. The minimum atomic E-state index is -0.710. The number of thiophene rings is 1. The molecule has 2 aromatic heterocycles. The number of hydrogen-bond acceptors (Lipinski definition) is 8. The molecule has 3 aliphatic rings. The number of carbonyl (C=O) groups excluding carboxylic acids is 1. The van der Waals surface area contributed by atoms with Crippen LogP contribution in [0.2, 0.25) is 5.15 Å². The van der Waals surface area contributed by atoms with E-state index in [-0.39, 0.29) is 39.5 Å². The summed E-state index contributed by atoms with van der Waals surface area (Å²) in [6, 6.07) is 4.17. The van der Waals surface area contributed by atoms with Gasteiger partial charge in [-0.05, 0) is 58.2 Å². The molecule has 2 N–H and O–H groups in total. The number of aromatic nitrogens is 2. The van der Waals surface area contributed by atoms with Gasteiger partial charge in [-0.15, -0.1) is 10.4 Å². The number of likely N-dealkylation sites (tertiary alicyclic amines) is 1. The zero-order valence-corrected chi connectivity index (χ0v) is 22.3. The smallest absolute Gasteiger partial charge is 0.218 e. The maximum absolute atomic E-state index is 14.0. The van der Waals surface area contributed by atoms with Gasteiger partial charge in [0.05, 0.1) is 5.70 Å². The molecule has 2 atom stereocenters. The summed E-state index contributed by atoms with van der Waals surface area (Å²) in [5, 5.41) is 13.0. The average molecular weight is 552 g/mol.